The summed E-state index contributed by atoms with van der Waals surface area (Å²) in [6.45, 7) is 3.82. The van der Waals surface area contributed by atoms with E-state index >= 15 is 0 Å². The lowest BCUT2D eigenvalue weighted by Crippen LogP contribution is -2.04. The fraction of sp³-hybridized carbons (Fsp3) is 0.286. The number of carbonyl (C=O) groups is 1. The lowest BCUT2D eigenvalue weighted by atomic mass is 10.1. The molecule has 0 aromatic heterocycles. The SMILES string of the molecule is COC(=O)/C(C)=C/COc1cc(C#N)ccc1C. The van der Waals surface area contributed by atoms with Gasteiger partial charge in [0, 0.05) is 5.57 Å². The molecule has 0 bridgehead atoms. The van der Waals surface area contributed by atoms with Crippen LogP contribution in [0.2, 0.25) is 0 Å². The molecule has 0 fully saturated rings. The van der Waals surface area contributed by atoms with Gasteiger partial charge in [-0.25, -0.2) is 4.79 Å². The molecule has 0 atom stereocenters. The van der Waals surface area contributed by atoms with Crippen LogP contribution in [0.4, 0.5) is 0 Å². The smallest absolute Gasteiger partial charge is 0.333 e. The molecule has 4 nitrogen and oxygen atoms in total. The number of esters is 1. The normalized spacial score (nSPS) is 10.7. The Morgan fingerprint density at radius 2 is 2.22 bits per heavy atom. The van der Waals surface area contributed by atoms with Crippen LogP contribution in [0.3, 0.4) is 0 Å². The molecule has 0 saturated heterocycles. The number of rotatable bonds is 4. The van der Waals surface area contributed by atoms with Gasteiger partial charge in [-0.3, -0.25) is 0 Å². The van der Waals surface area contributed by atoms with Crippen molar-refractivity contribution in [3.63, 3.8) is 0 Å². The highest BCUT2D eigenvalue weighted by Gasteiger charge is 2.03. The molecule has 1 rings (SSSR count). The third-order valence-electron chi connectivity index (χ3n) is 2.45. The van der Waals surface area contributed by atoms with Crippen molar-refractivity contribution in [1.82, 2.24) is 0 Å². The molecule has 94 valence electrons. The van der Waals surface area contributed by atoms with Crippen LogP contribution >= 0.6 is 0 Å². The lowest BCUT2D eigenvalue weighted by Gasteiger charge is -2.07. The number of methoxy groups -OCH3 is 1. The van der Waals surface area contributed by atoms with Gasteiger partial charge in [0.2, 0.25) is 0 Å². The van der Waals surface area contributed by atoms with Crippen LogP contribution in [0.15, 0.2) is 29.8 Å². The molecule has 4 heteroatoms. The van der Waals surface area contributed by atoms with Gasteiger partial charge in [0.05, 0.1) is 18.7 Å². The average molecular weight is 245 g/mol. The lowest BCUT2D eigenvalue weighted by molar-refractivity contribution is -0.136. The van der Waals surface area contributed by atoms with Crippen molar-refractivity contribution in [3.8, 4) is 11.8 Å². The molecule has 0 aliphatic heterocycles. The monoisotopic (exact) mass is 245 g/mol. The van der Waals surface area contributed by atoms with Crippen LogP contribution in [-0.4, -0.2) is 19.7 Å². The van der Waals surface area contributed by atoms with Crippen molar-refractivity contribution in [2.75, 3.05) is 13.7 Å². The van der Waals surface area contributed by atoms with Gasteiger partial charge in [0.1, 0.15) is 12.4 Å². The number of hydrogen-bond donors (Lipinski definition) is 0. The summed E-state index contributed by atoms with van der Waals surface area (Å²) in [6.07, 6.45) is 1.64. The first-order valence-electron chi connectivity index (χ1n) is 5.47. The third kappa shape index (κ3) is 3.63. The Hall–Kier alpha value is -2.28. The summed E-state index contributed by atoms with van der Waals surface area (Å²) in [5.74, 6) is 0.268. The summed E-state index contributed by atoms with van der Waals surface area (Å²) >= 11 is 0. The standard InChI is InChI=1S/C14H15NO3/c1-10-4-5-12(9-15)8-13(10)18-7-6-11(2)14(16)17-3/h4-6,8H,7H2,1-3H3/b11-6+. The Bertz CT molecular complexity index is 512. The van der Waals surface area contributed by atoms with E-state index in [2.05, 4.69) is 10.8 Å². The number of benzene rings is 1. The number of carbonyl (C=O) groups excluding carboxylic acids is 1. The maximum absolute atomic E-state index is 11.1. The first-order valence-corrected chi connectivity index (χ1v) is 5.47. The summed E-state index contributed by atoms with van der Waals surface area (Å²) in [6, 6.07) is 7.29. The predicted octanol–water partition coefficient (Wildman–Crippen LogP) is 2.36. The van der Waals surface area contributed by atoms with E-state index in [9.17, 15) is 4.79 Å². The van der Waals surface area contributed by atoms with Crippen molar-refractivity contribution in [1.29, 1.82) is 5.26 Å². The molecule has 0 spiro atoms. The van der Waals surface area contributed by atoms with Crippen LogP contribution in [0, 0.1) is 18.3 Å². The van der Waals surface area contributed by atoms with E-state index < -0.39 is 0 Å². The average Bonchev–Trinajstić information content (AvgIpc) is 2.39. The minimum Gasteiger partial charge on any atom is -0.489 e. The largest absolute Gasteiger partial charge is 0.489 e. The van der Waals surface area contributed by atoms with Crippen LogP contribution in [0.5, 0.6) is 5.75 Å². The molecule has 0 heterocycles. The highest BCUT2D eigenvalue weighted by atomic mass is 16.5. The summed E-state index contributed by atoms with van der Waals surface area (Å²) in [4.78, 5) is 11.1. The zero-order chi connectivity index (χ0) is 13.5. The molecule has 0 unspecified atom stereocenters. The second kappa shape index (κ2) is 6.45. The van der Waals surface area contributed by atoms with Crippen molar-refractivity contribution in [3.05, 3.63) is 41.0 Å². The Kier molecular flexibility index (Phi) is 4.94. The van der Waals surface area contributed by atoms with E-state index in [1.54, 1.807) is 25.1 Å². The molecular formula is C14H15NO3. The number of nitrogens with zero attached hydrogens (tertiary/aromatic N) is 1. The molecule has 0 aliphatic rings. The van der Waals surface area contributed by atoms with Gasteiger partial charge in [-0.2, -0.15) is 5.26 Å². The molecule has 0 radical (unpaired) electrons. The summed E-state index contributed by atoms with van der Waals surface area (Å²) in [7, 11) is 1.33. The van der Waals surface area contributed by atoms with Gasteiger partial charge in [-0.05, 0) is 37.6 Å². The first-order chi connectivity index (χ1) is 8.58. The number of ether oxygens (including phenoxy) is 2. The summed E-state index contributed by atoms with van der Waals surface area (Å²) in [5, 5.41) is 8.79. The van der Waals surface area contributed by atoms with E-state index in [1.165, 1.54) is 7.11 Å². The van der Waals surface area contributed by atoms with Gasteiger partial charge in [0.15, 0.2) is 0 Å². The van der Waals surface area contributed by atoms with Crippen molar-refractivity contribution in [2.24, 2.45) is 0 Å². The molecule has 0 amide bonds. The fourth-order valence-corrected chi connectivity index (χ4v) is 1.33. The molecule has 0 saturated carbocycles. The van der Waals surface area contributed by atoms with Gasteiger partial charge < -0.3 is 9.47 Å². The molecular weight excluding hydrogens is 230 g/mol. The molecule has 0 aliphatic carbocycles. The Morgan fingerprint density at radius 3 is 2.83 bits per heavy atom. The van der Waals surface area contributed by atoms with E-state index in [0.717, 1.165) is 5.56 Å². The van der Waals surface area contributed by atoms with E-state index in [0.29, 0.717) is 16.9 Å². The molecule has 18 heavy (non-hydrogen) atoms. The predicted molar refractivity (Wildman–Crippen MR) is 67.2 cm³/mol. The third-order valence-corrected chi connectivity index (χ3v) is 2.45. The second-order valence-corrected chi connectivity index (χ2v) is 3.78. The minimum atomic E-state index is -0.374. The maximum atomic E-state index is 11.1. The topological polar surface area (TPSA) is 59.3 Å². The van der Waals surface area contributed by atoms with Gasteiger partial charge >= 0.3 is 5.97 Å². The van der Waals surface area contributed by atoms with E-state index in [4.69, 9.17) is 10.00 Å². The number of nitriles is 1. The van der Waals surface area contributed by atoms with E-state index in [-0.39, 0.29) is 12.6 Å². The van der Waals surface area contributed by atoms with Gasteiger partial charge in [-0.15, -0.1) is 0 Å². The Balaban J connectivity index is 2.70. The minimum absolute atomic E-state index is 0.261. The van der Waals surface area contributed by atoms with Crippen molar-refractivity contribution < 1.29 is 14.3 Å². The molecule has 0 N–H and O–H groups in total. The van der Waals surface area contributed by atoms with Crippen molar-refractivity contribution >= 4 is 5.97 Å². The molecule has 1 aromatic carbocycles. The van der Waals surface area contributed by atoms with Crippen LogP contribution < -0.4 is 4.74 Å². The Labute approximate surface area is 106 Å². The zero-order valence-electron chi connectivity index (χ0n) is 10.7. The summed E-state index contributed by atoms with van der Waals surface area (Å²) in [5.41, 5.74) is 1.98. The number of hydrogen-bond acceptors (Lipinski definition) is 4. The van der Waals surface area contributed by atoms with Crippen LogP contribution in [0.1, 0.15) is 18.1 Å². The Morgan fingerprint density at radius 1 is 1.50 bits per heavy atom. The highest BCUT2D eigenvalue weighted by Crippen LogP contribution is 2.19. The van der Waals surface area contributed by atoms with Crippen LogP contribution in [0.25, 0.3) is 0 Å². The van der Waals surface area contributed by atoms with Crippen LogP contribution in [-0.2, 0) is 9.53 Å². The molecule has 1 aromatic rings. The quantitative estimate of drug-likeness (QED) is 0.603. The van der Waals surface area contributed by atoms with Gasteiger partial charge in [-0.1, -0.05) is 6.07 Å². The number of aryl methyl sites for hydroxylation is 1. The fourth-order valence-electron chi connectivity index (χ4n) is 1.33. The highest BCUT2D eigenvalue weighted by molar-refractivity contribution is 5.87. The zero-order valence-corrected chi connectivity index (χ0v) is 10.7. The first kappa shape index (κ1) is 13.8. The van der Waals surface area contributed by atoms with Crippen molar-refractivity contribution in [2.45, 2.75) is 13.8 Å². The van der Waals surface area contributed by atoms with E-state index in [1.807, 2.05) is 13.0 Å². The second-order valence-electron chi connectivity index (χ2n) is 3.78. The van der Waals surface area contributed by atoms with Gasteiger partial charge in [0.25, 0.3) is 0 Å². The summed E-state index contributed by atoms with van der Waals surface area (Å²) < 4.78 is 10.1. The maximum Gasteiger partial charge on any atom is 0.333 e.